The van der Waals surface area contributed by atoms with Gasteiger partial charge in [0.05, 0.1) is 44.7 Å². The highest BCUT2D eigenvalue weighted by atomic mass is 19.1. The highest BCUT2D eigenvalue weighted by Gasteiger charge is 2.30. The number of carbonyl (C=O) groups is 1. The summed E-state index contributed by atoms with van der Waals surface area (Å²) in [6.07, 6.45) is 3.60. The number of carbonyl (C=O) groups excluding carboxylic acids is 1. The van der Waals surface area contributed by atoms with Crippen molar-refractivity contribution >= 4 is 22.6 Å². The lowest BCUT2D eigenvalue weighted by Crippen LogP contribution is -2.12. The summed E-state index contributed by atoms with van der Waals surface area (Å²) >= 11 is 0. The number of halogens is 1. The molecule has 8 nitrogen and oxygen atoms in total. The summed E-state index contributed by atoms with van der Waals surface area (Å²) in [5.41, 5.74) is 2.30. The molecule has 1 amide bonds. The van der Waals surface area contributed by atoms with Crippen LogP contribution in [0.1, 0.15) is 31.0 Å². The minimum Gasteiger partial charge on any atom is -0.480 e. The average molecular weight is 399 g/mol. The van der Waals surface area contributed by atoms with Gasteiger partial charge in [-0.1, -0.05) is 0 Å². The van der Waals surface area contributed by atoms with Gasteiger partial charge in [0, 0.05) is 18.4 Å². The molecule has 1 aliphatic rings. The molecule has 3 heterocycles. The Bertz CT molecular complexity index is 1050. The van der Waals surface area contributed by atoms with E-state index in [1.165, 1.54) is 0 Å². The molecule has 1 fully saturated rings. The lowest BCUT2D eigenvalue weighted by atomic mass is 10.2. The summed E-state index contributed by atoms with van der Waals surface area (Å²) in [5.74, 6) is 1.96. The summed E-state index contributed by atoms with van der Waals surface area (Å²) < 4.78 is 25.4. The number of aryl methyl sites for hydroxylation is 1. The number of pyridine rings is 1. The van der Waals surface area contributed by atoms with Crippen molar-refractivity contribution in [1.82, 2.24) is 19.5 Å². The van der Waals surface area contributed by atoms with E-state index in [-0.39, 0.29) is 6.42 Å². The normalized spacial score (nSPS) is 13.5. The van der Waals surface area contributed by atoms with Gasteiger partial charge < -0.3 is 19.4 Å². The largest absolute Gasteiger partial charge is 0.480 e. The highest BCUT2D eigenvalue weighted by Crippen LogP contribution is 2.43. The number of anilines is 1. The van der Waals surface area contributed by atoms with Crippen LogP contribution in [0, 0.1) is 0 Å². The fourth-order valence-electron chi connectivity index (χ4n) is 3.31. The standard InChI is InChI=1S/C20H22FN5O3/c1-26-13(8-12-9-15(22-10-14(12)26)23-16(27)6-7-21)17-19(28-2)24-18(11-4-5-11)25-20(17)29-3/h8-11H,4-7H2,1-3H3,(H,22,23,27). The molecule has 0 aliphatic heterocycles. The number of amides is 1. The Morgan fingerprint density at radius 2 is 1.93 bits per heavy atom. The maximum atomic E-state index is 12.3. The molecule has 152 valence electrons. The number of fused-ring (bicyclic) bond motifs is 1. The summed E-state index contributed by atoms with van der Waals surface area (Å²) in [4.78, 5) is 25.1. The molecule has 3 aromatic heterocycles. The highest BCUT2D eigenvalue weighted by molar-refractivity contribution is 5.94. The molecule has 1 aliphatic carbocycles. The second-order valence-electron chi connectivity index (χ2n) is 6.95. The number of alkyl halides is 1. The third-order valence-electron chi connectivity index (χ3n) is 4.96. The second-order valence-corrected chi connectivity index (χ2v) is 6.95. The van der Waals surface area contributed by atoms with Crippen molar-refractivity contribution < 1.29 is 18.7 Å². The molecular formula is C20H22FN5O3. The van der Waals surface area contributed by atoms with Crippen molar-refractivity contribution in [2.75, 3.05) is 26.2 Å². The van der Waals surface area contributed by atoms with E-state index in [4.69, 9.17) is 9.47 Å². The molecule has 1 saturated carbocycles. The Kier molecular flexibility index (Phi) is 5.04. The predicted octanol–water partition coefficient (Wildman–Crippen LogP) is 3.22. The van der Waals surface area contributed by atoms with E-state index in [1.54, 1.807) is 26.5 Å². The molecule has 0 radical (unpaired) electrons. The molecule has 0 saturated heterocycles. The Labute approximate surface area is 167 Å². The van der Waals surface area contributed by atoms with Crippen LogP contribution in [0.5, 0.6) is 11.8 Å². The van der Waals surface area contributed by atoms with Crippen molar-refractivity contribution in [3.63, 3.8) is 0 Å². The topological polar surface area (TPSA) is 91.2 Å². The second kappa shape index (κ2) is 7.65. The number of ether oxygens (including phenoxy) is 2. The molecule has 0 unspecified atom stereocenters. The van der Waals surface area contributed by atoms with Crippen LogP contribution in [-0.2, 0) is 11.8 Å². The smallest absolute Gasteiger partial charge is 0.229 e. The van der Waals surface area contributed by atoms with Crippen molar-refractivity contribution in [2.45, 2.75) is 25.2 Å². The summed E-state index contributed by atoms with van der Waals surface area (Å²) in [5, 5.41) is 3.45. The van der Waals surface area contributed by atoms with E-state index in [1.807, 2.05) is 17.7 Å². The van der Waals surface area contributed by atoms with Crippen molar-refractivity contribution in [3.8, 4) is 23.0 Å². The van der Waals surface area contributed by atoms with Crippen molar-refractivity contribution in [3.05, 3.63) is 24.2 Å². The van der Waals surface area contributed by atoms with Gasteiger partial charge in [-0.2, -0.15) is 9.97 Å². The minimum absolute atomic E-state index is 0.196. The molecule has 29 heavy (non-hydrogen) atoms. The first-order chi connectivity index (χ1) is 14.0. The number of hydrogen-bond acceptors (Lipinski definition) is 6. The van der Waals surface area contributed by atoms with Gasteiger partial charge in [0.15, 0.2) is 0 Å². The zero-order valence-electron chi connectivity index (χ0n) is 16.5. The zero-order chi connectivity index (χ0) is 20.5. The van der Waals surface area contributed by atoms with Crippen LogP contribution in [0.2, 0.25) is 0 Å². The van der Waals surface area contributed by atoms with Crippen LogP contribution in [0.4, 0.5) is 10.2 Å². The fourth-order valence-corrected chi connectivity index (χ4v) is 3.31. The van der Waals surface area contributed by atoms with E-state index < -0.39 is 12.6 Å². The van der Waals surface area contributed by atoms with Crippen molar-refractivity contribution in [1.29, 1.82) is 0 Å². The first-order valence-corrected chi connectivity index (χ1v) is 9.37. The van der Waals surface area contributed by atoms with E-state index in [9.17, 15) is 9.18 Å². The van der Waals surface area contributed by atoms with Gasteiger partial charge >= 0.3 is 0 Å². The average Bonchev–Trinajstić information content (AvgIpc) is 3.52. The fraction of sp³-hybridized carbons (Fsp3) is 0.400. The van der Waals surface area contributed by atoms with Crippen LogP contribution >= 0.6 is 0 Å². The summed E-state index contributed by atoms with van der Waals surface area (Å²) in [6, 6.07) is 3.68. The van der Waals surface area contributed by atoms with Gasteiger partial charge in [-0.3, -0.25) is 9.18 Å². The van der Waals surface area contributed by atoms with E-state index >= 15 is 0 Å². The third kappa shape index (κ3) is 3.59. The van der Waals surface area contributed by atoms with Crippen molar-refractivity contribution in [2.24, 2.45) is 7.05 Å². The molecule has 9 heteroatoms. The van der Waals surface area contributed by atoms with Crippen LogP contribution < -0.4 is 14.8 Å². The SMILES string of the molecule is COc1nc(C2CC2)nc(OC)c1-c1cc2cc(NC(=O)CCF)ncc2n1C. The molecule has 0 aromatic carbocycles. The number of nitrogens with one attached hydrogen (secondary N) is 1. The predicted molar refractivity (Wildman–Crippen MR) is 106 cm³/mol. The van der Waals surface area contributed by atoms with Gasteiger partial charge in [0.25, 0.3) is 0 Å². The molecule has 0 bridgehead atoms. The minimum atomic E-state index is -0.708. The van der Waals surface area contributed by atoms with E-state index in [0.717, 1.165) is 35.3 Å². The first-order valence-electron chi connectivity index (χ1n) is 9.37. The lowest BCUT2D eigenvalue weighted by Gasteiger charge is -2.14. The van der Waals surface area contributed by atoms with Crippen LogP contribution in [-0.4, -0.2) is 46.3 Å². The monoisotopic (exact) mass is 399 g/mol. The Morgan fingerprint density at radius 3 is 2.52 bits per heavy atom. The molecule has 1 N–H and O–H groups in total. The lowest BCUT2D eigenvalue weighted by molar-refractivity contribution is -0.116. The molecule has 0 spiro atoms. The maximum absolute atomic E-state index is 12.3. The quantitative estimate of drug-likeness (QED) is 0.656. The van der Waals surface area contributed by atoms with Gasteiger partial charge in [0.1, 0.15) is 17.2 Å². The van der Waals surface area contributed by atoms with Gasteiger partial charge in [0.2, 0.25) is 17.7 Å². The number of methoxy groups -OCH3 is 2. The number of nitrogens with zero attached hydrogens (tertiary/aromatic N) is 4. The van der Waals surface area contributed by atoms with Gasteiger partial charge in [-0.15, -0.1) is 0 Å². The van der Waals surface area contributed by atoms with Crippen LogP contribution in [0.15, 0.2) is 18.3 Å². The first kappa shape index (κ1) is 19.1. The van der Waals surface area contributed by atoms with E-state index in [0.29, 0.717) is 29.1 Å². The Hall–Kier alpha value is -3.23. The molecule has 3 aromatic rings. The molecule has 0 atom stereocenters. The maximum Gasteiger partial charge on any atom is 0.229 e. The van der Waals surface area contributed by atoms with Crippen LogP contribution in [0.25, 0.3) is 22.2 Å². The molecular weight excluding hydrogens is 377 g/mol. The number of aromatic nitrogens is 4. The van der Waals surface area contributed by atoms with Crippen LogP contribution in [0.3, 0.4) is 0 Å². The number of rotatable bonds is 7. The van der Waals surface area contributed by atoms with Gasteiger partial charge in [-0.05, 0) is 25.0 Å². The summed E-state index contributed by atoms with van der Waals surface area (Å²) in [6.45, 7) is -0.708. The molecule has 4 rings (SSSR count). The zero-order valence-corrected chi connectivity index (χ0v) is 16.5. The number of hydrogen-bond donors (Lipinski definition) is 1. The van der Waals surface area contributed by atoms with Gasteiger partial charge in [-0.25, -0.2) is 4.98 Å². The third-order valence-corrected chi connectivity index (χ3v) is 4.96. The Morgan fingerprint density at radius 1 is 1.24 bits per heavy atom. The Balaban J connectivity index is 1.79. The van der Waals surface area contributed by atoms with E-state index in [2.05, 4.69) is 20.3 Å². The summed E-state index contributed by atoms with van der Waals surface area (Å²) in [7, 11) is 5.05.